The summed E-state index contributed by atoms with van der Waals surface area (Å²) in [7, 11) is -2.59. The zero-order valence-corrected chi connectivity index (χ0v) is 20.3. The van der Waals surface area contributed by atoms with Crippen molar-refractivity contribution >= 4 is 16.8 Å². The summed E-state index contributed by atoms with van der Waals surface area (Å²) in [5, 5.41) is 10.2. The first-order chi connectivity index (χ1) is 14.9. The van der Waals surface area contributed by atoms with Gasteiger partial charge in [0.1, 0.15) is 23.2 Å². The van der Waals surface area contributed by atoms with Crippen LogP contribution in [0.4, 0.5) is 0 Å². The maximum atomic E-state index is 13.1. The molecule has 1 saturated heterocycles. The van der Waals surface area contributed by atoms with Crippen molar-refractivity contribution in [3.05, 3.63) is 53.1 Å². The van der Waals surface area contributed by atoms with Crippen molar-refractivity contribution in [2.75, 3.05) is 33.3 Å². The Morgan fingerprint density at radius 2 is 1.52 bits per heavy atom. The van der Waals surface area contributed by atoms with Gasteiger partial charge in [0.2, 0.25) is 10.0 Å². The van der Waals surface area contributed by atoms with Gasteiger partial charge in [-0.05, 0) is 61.7 Å². The molecule has 0 unspecified atom stereocenters. The van der Waals surface area contributed by atoms with E-state index in [9.17, 15) is 8.42 Å². The predicted octanol–water partition coefficient (Wildman–Crippen LogP) is 3.45. The second-order valence-corrected chi connectivity index (χ2v) is 8.36. The summed E-state index contributed by atoms with van der Waals surface area (Å²) in [6, 6.07) is 11.1. The monoisotopic (exact) mass is 452 g/mol. The number of aliphatic hydroxyl groups excluding tert-OH is 1. The van der Waals surface area contributed by atoms with Gasteiger partial charge in [-0.25, -0.2) is 8.42 Å². The molecule has 1 heterocycles. The molecule has 174 valence electrons. The molecule has 0 saturated carbocycles. The largest absolute Gasteiger partial charge is 0.456 e. The zero-order valence-electron chi connectivity index (χ0n) is 19.4. The van der Waals surface area contributed by atoms with Gasteiger partial charge in [0.25, 0.3) is 0 Å². The number of nitrogens with zero attached hydrogens (tertiary/aromatic N) is 1. The summed E-state index contributed by atoms with van der Waals surface area (Å²) in [4.78, 5) is 8.23. The standard InChI is InChI=1S/C19H24N2O3S.C2H6.CH4O.CH2O/c1-14-4-7-18(24-17-6-5-15(2)16(3)13-17)19(12-14)25(22,23)21-10-8-20-9-11-21;3*1-2/h4-7,12-13,20H,8-11H2,1-3H3;1-2H3;2H,1H3;1H2. The molecule has 0 spiro atoms. The second-order valence-electron chi connectivity index (χ2n) is 6.45. The van der Waals surface area contributed by atoms with E-state index in [0.29, 0.717) is 37.7 Å². The van der Waals surface area contributed by atoms with Crippen LogP contribution in [0.5, 0.6) is 11.5 Å². The minimum absolute atomic E-state index is 0.229. The molecule has 0 atom stereocenters. The van der Waals surface area contributed by atoms with Gasteiger partial charge >= 0.3 is 0 Å². The van der Waals surface area contributed by atoms with Crippen molar-refractivity contribution in [1.29, 1.82) is 0 Å². The molecule has 31 heavy (non-hydrogen) atoms. The molecule has 1 aliphatic heterocycles. The fourth-order valence-corrected chi connectivity index (χ4v) is 4.47. The molecule has 1 aliphatic rings. The van der Waals surface area contributed by atoms with Crippen LogP contribution >= 0.6 is 0 Å². The number of aryl methyl sites for hydroxylation is 3. The molecule has 2 N–H and O–H groups in total. The quantitative estimate of drug-likeness (QED) is 0.738. The number of carbonyl (C=O) groups is 1. The van der Waals surface area contributed by atoms with Crippen molar-refractivity contribution in [2.24, 2.45) is 0 Å². The third-order valence-corrected chi connectivity index (χ3v) is 6.42. The van der Waals surface area contributed by atoms with Gasteiger partial charge < -0.3 is 20.0 Å². The fraction of sp³-hybridized carbons (Fsp3) is 0.435. The van der Waals surface area contributed by atoms with E-state index in [2.05, 4.69) is 5.32 Å². The predicted molar refractivity (Wildman–Crippen MR) is 125 cm³/mol. The summed E-state index contributed by atoms with van der Waals surface area (Å²) >= 11 is 0. The summed E-state index contributed by atoms with van der Waals surface area (Å²) in [6.07, 6.45) is 0. The Bertz CT molecular complexity index is 895. The number of carbonyl (C=O) groups excluding carboxylic acids is 1. The summed E-state index contributed by atoms with van der Waals surface area (Å²) in [5.41, 5.74) is 3.17. The van der Waals surface area contributed by atoms with Crippen LogP contribution in [0, 0.1) is 20.8 Å². The molecule has 3 rings (SSSR count). The molecule has 2 aromatic rings. The van der Waals surface area contributed by atoms with Crippen molar-refractivity contribution < 1.29 is 23.1 Å². The van der Waals surface area contributed by atoms with E-state index in [0.717, 1.165) is 18.2 Å². The Balaban J connectivity index is 0.00000138. The lowest BCUT2D eigenvalue weighted by molar-refractivity contribution is -0.0980. The van der Waals surface area contributed by atoms with Gasteiger partial charge in [0.15, 0.2) is 0 Å². The van der Waals surface area contributed by atoms with Crippen LogP contribution in [-0.2, 0) is 14.8 Å². The average Bonchev–Trinajstić information content (AvgIpc) is 2.82. The third kappa shape index (κ3) is 8.06. The number of ether oxygens (including phenoxy) is 1. The van der Waals surface area contributed by atoms with Crippen LogP contribution in [0.15, 0.2) is 41.3 Å². The maximum absolute atomic E-state index is 13.1. The molecule has 1 fully saturated rings. The SMILES string of the molecule is C=O.CC.CO.Cc1ccc(Oc2ccc(C)c(C)c2)c(S(=O)(=O)N2CCNCC2)c1. The number of hydrogen-bond acceptors (Lipinski definition) is 6. The molecule has 0 amide bonds. The molecule has 0 bridgehead atoms. The molecule has 7 nitrogen and oxygen atoms in total. The minimum atomic E-state index is -3.59. The first-order valence-electron chi connectivity index (χ1n) is 10.2. The molecule has 0 aromatic heterocycles. The Morgan fingerprint density at radius 1 is 0.935 bits per heavy atom. The number of rotatable bonds is 4. The molecule has 2 aromatic carbocycles. The Morgan fingerprint density at radius 3 is 2.06 bits per heavy atom. The number of benzene rings is 2. The zero-order chi connectivity index (χ0) is 24.0. The van der Waals surface area contributed by atoms with E-state index in [1.165, 1.54) is 9.87 Å². The van der Waals surface area contributed by atoms with E-state index in [-0.39, 0.29) is 4.90 Å². The van der Waals surface area contributed by atoms with Crippen LogP contribution in [0.3, 0.4) is 0 Å². The van der Waals surface area contributed by atoms with Gasteiger partial charge in [0.05, 0.1) is 0 Å². The molecular formula is C23H36N2O5S. The smallest absolute Gasteiger partial charge is 0.246 e. The second kappa shape index (κ2) is 14.7. The topological polar surface area (TPSA) is 95.9 Å². The number of piperazine rings is 1. The number of aliphatic hydroxyl groups is 1. The van der Waals surface area contributed by atoms with Crippen LogP contribution in [-0.4, -0.2) is 57.9 Å². The van der Waals surface area contributed by atoms with E-state index in [1.807, 2.05) is 65.7 Å². The lowest BCUT2D eigenvalue weighted by Gasteiger charge is -2.27. The normalized spacial score (nSPS) is 13.4. The van der Waals surface area contributed by atoms with Gasteiger partial charge in [-0.2, -0.15) is 4.31 Å². The third-order valence-electron chi connectivity index (χ3n) is 4.50. The Labute approximate surface area is 187 Å². The number of sulfonamides is 1. The number of hydrogen-bond donors (Lipinski definition) is 2. The first kappa shape index (κ1) is 28.7. The van der Waals surface area contributed by atoms with Gasteiger partial charge in [0, 0.05) is 33.3 Å². The van der Waals surface area contributed by atoms with Crippen molar-refractivity contribution in [3.63, 3.8) is 0 Å². The fourth-order valence-electron chi connectivity index (χ4n) is 2.83. The average molecular weight is 453 g/mol. The van der Waals surface area contributed by atoms with Crippen molar-refractivity contribution in [2.45, 2.75) is 39.5 Å². The maximum Gasteiger partial charge on any atom is 0.246 e. The van der Waals surface area contributed by atoms with Gasteiger partial charge in [-0.15, -0.1) is 0 Å². The van der Waals surface area contributed by atoms with Gasteiger partial charge in [-0.1, -0.05) is 26.0 Å². The van der Waals surface area contributed by atoms with E-state index >= 15 is 0 Å². The highest BCUT2D eigenvalue weighted by atomic mass is 32.2. The molecule has 0 radical (unpaired) electrons. The van der Waals surface area contributed by atoms with Crippen LogP contribution in [0.1, 0.15) is 30.5 Å². The van der Waals surface area contributed by atoms with Crippen LogP contribution < -0.4 is 10.1 Å². The molecule has 0 aliphatic carbocycles. The minimum Gasteiger partial charge on any atom is -0.456 e. The Kier molecular flexibility index (Phi) is 13.6. The highest BCUT2D eigenvalue weighted by molar-refractivity contribution is 7.89. The van der Waals surface area contributed by atoms with Crippen molar-refractivity contribution in [3.8, 4) is 11.5 Å². The van der Waals surface area contributed by atoms with E-state index in [1.54, 1.807) is 12.1 Å². The highest BCUT2D eigenvalue weighted by Gasteiger charge is 2.29. The van der Waals surface area contributed by atoms with E-state index in [4.69, 9.17) is 14.6 Å². The molecular weight excluding hydrogens is 416 g/mol. The summed E-state index contributed by atoms with van der Waals surface area (Å²) in [5.74, 6) is 1.01. The molecule has 8 heteroatoms. The summed E-state index contributed by atoms with van der Waals surface area (Å²) in [6.45, 7) is 14.2. The van der Waals surface area contributed by atoms with Crippen LogP contribution in [0.2, 0.25) is 0 Å². The Hall–Kier alpha value is -2.26. The lowest BCUT2D eigenvalue weighted by atomic mass is 10.1. The number of nitrogens with one attached hydrogen (secondary N) is 1. The highest BCUT2D eigenvalue weighted by Crippen LogP contribution is 2.32. The van der Waals surface area contributed by atoms with Crippen molar-refractivity contribution in [1.82, 2.24) is 9.62 Å². The first-order valence-corrected chi connectivity index (χ1v) is 11.6. The summed E-state index contributed by atoms with van der Waals surface area (Å²) < 4.78 is 33.7. The van der Waals surface area contributed by atoms with Crippen LogP contribution in [0.25, 0.3) is 0 Å². The van der Waals surface area contributed by atoms with Gasteiger partial charge in [-0.3, -0.25) is 0 Å². The lowest BCUT2D eigenvalue weighted by Crippen LogP contribution is -2.46. The van der Waals surface area contributed by atoms with E-state index < -0.39 is 10.0 Å².